The Balaban J connectivity index is 1.66. The highest BCUT2D eigenvalue weighted by Crippen LogP contribution is 2.44. The lowest BCUT2D eigenvalue weighted by Crippen LogP contribution is -2.47. The van der Waals surface area contributed by atoms with Crippen molar-refractivity contribution in [3.63, 3.8) is 0 Å². The Labute approximate surface area is 145 Å². The Hall–Kier alpha value is -2.44. The zero-order chi connectivity index (χ0) is 17.3. The van der Waals surface area contributed by atoms with Crippen LogP contribution in [0.5, 0.6) is 0 Å². The fraction of sp³-hybridized carbons (Fsp3) is 0.316. The van der Waals surface area contributed by atoms with Gasteiger partial charge in [-0.2, -0.15) is 0 Å². The van der Waals surface area contributed by atoms with Crippen LogP contribution in [0.4, 0.5) is 21.5 Å². The van der Waals surface area contributed by atoms with Crippen molar-refractivity contribution in [1.29, 1.82) is 0 Å². The standard InChI is InChI=1S/C19H19FN2O3/c20-10-8-15-9-11-24-19(25-15)16-12-14(6-7-17(16)22-18(19)23)21-13-4-2-1-3-5-13/h1-7,12,15,21H,8-11H2,(H,22,23)/t15?,19-/m1/s1. The summed E-state index contributed by atoms with van der Waals surface area (Å²) in [6.07, 6.45) is 0.507. The van der Waals surface area contributed by atoms with Crippen molar-refractivity contribution in [2.24, 2.45) is 0 Å². The maximum Gasteiger partial charge on any atom is 0.289 e. The average Bonchev–Trinajstić information content (AvgIpc) is 2.88. The van der Waals surface area contributed by atoms with Crippen molar-refractivity contribution in [2.75, 3.05) is 23.9 Å². The molecule has 5 nitrogen and oxygen atoms in total. The molecule has 25 heavy (non-hydrogen) atoms. The minimum absolute atomic E-state index is 0.260. The third-order valence-corrected chi connectivity index (χ3v) is 4.49. The Bertz CT molecular complexity index is 781. The summed E-state index contributed by atoms with van der Waals surface area (Å²) in [5.41, 5.74) is 3.04. The Morgan fingerprint density at radius 3 is 2.84 bits per heavy atom. The Morgan fingerprint density at radius 2 is 2.04 bits per heavy atom. The molecular weight excluding hydrogens is 323 g/mol. The van der Waals surface area contributed by atoms with Crippen LogP contribution in [0, 0.1) is 0 Å². The van der Waals surface area contributed by atoms with E-state index in [0.717, 1.165) is 11.4 Å². The van der Waals surface area contributed by atoms with E-state index in [1.165, 1.54) is 0 Å². The van der Waals surface area contributed by atoms with Gasteiger partial charge in [0, 0.05) is 23.4 Å². The van der Waals surface area contributed by atoms with Crippen LogP contribution < -0.4 is 10.6 Å². The van der Waals surface area contributed by atoms with E-state index in [1.807, 2.05) is 48.5 Å². The molecule has 1 spiro atoms. The van der Waals surface area contributed by atoms with Crippen molar-refractivity contribution in [3.8, 4) is 0 Å². The molecule has 2 heterocycles. The predicted molar refractivity (Wildman–Crippen MR) is 92.5 cm³/mol. The van der Waals surface area contributed by atoms with E-state index in [4.69, 9.17) is 9.47 Å². The minimum Gasteiger partial charge on any atom is -0.356 e. The van der Waals surface area contributed by atoms with Crippen molar-refractivity contribution in [3.05, 3.63) is 54.1 Å². The second kappa shape index (κ2) is 6.46. The van der Waals surface area contributed by atoms with Crippen LogP contribution in [-0.4, -0.2) is 25.3 Å². The van der Waals surface area contributed by atoms with Crippen LogP contribution in [0.3, 0.4) is 0 Å². The quantitative estimate of drug-likeness (QED) is 0.889. The Kier molecular flexibility index (Phi) is 4.15. The highest BCUT2D eigenvalue weighted by atomic mass is 19.1. The molecule has 2 aliphatic rings. The van der Waals surface area contributed by atoms with Gasteiger partial charge in [-0.25, -0.2) is 0 Å². The number of para-hydroxylation sites is 1. The van der Waals surface area contributed by atoms with Gasteiger partial charge in [0.1, 0.15) is 0 Å². The number of carbonyl (C=O) groups is 1. The van der Waals surface area contributed by atoms with E-state index in [2.05, 4.69) is 10.6 Å². The van der Waals surface area contributed by atoms with Crippen LogP contribution in [0.2, 0.25) is 0 Å². The number of hydrogen-bond donors (Lipinski definition) is 2. The number of benzene rings is 2. The molecule has 0 aliphatic carbocycles. The van der Waals surface area contributed by atoms with Gasteiger partial charge in [0.05, 0.1) is 25.1 Å². The lowest BCUT2D eigenvalue weighted by Gasteiger charge is -2.36. The van der Waals surface area contributed by atoms with Crippen molar-refractivity contribution in [2.45, 2.75) is 24.7 Å². The first-order valence-corrected chi connectivity index (χ1v) is 8.37. The monoisotopic (exact) mass is 342 g/mol. The smallest absolute Gasteiger partial charge is 0.289 e. The average molecular weight is 342 g/mol. The third-order valence-electron chi connectivity index (χ3n) is 4.49. The fourth-order valence-corrected chi connectivity index (χ4v) is 3.27. The molecule has 0 aromatic heterocycles. The summed E-state index contributed by atoms with van der Waals surface area (Å²) >= 11 is 0. The molecule has 1 saturated heterocycles. The van der Waals surface area contributed by atoms with E-state index in [-0.39, 0.29) is 18.4 Å². The van der Waals surface area contributed by atoms with Crippen molar-refractivity contribution in [1.82, 2.24) is 0 Å². The third kappa shape index (κ3) is 2.88. The number of alkyl halides is 1. The first-order valence-electron chi connectivity index (χ1n) is 8.37. The summed E-state index contributed by atoms with van der Waals surface area (Å²) in [5.74, 6) is -1.84. The number of carbonyl (C=O) groups excluding carboxylic acids is 1. The zero-order valence-electron chi connectivity index (χ0n) is 13.6. The fourth-order valence-electron chi connectivity index (χ4n) is 3.27. The topological polar surface area (TPSA) is 59.6 Å². The molecule has 0 radical (unpaired) electrons. The van der Waals surface area contributed by atoms with Crippen molar-refractivity contribution >= 4 is 23.0 Å². The number of halogens is 1. The van der Waals surface area contributed by atoms with Gasteiger partial charge in [-0.05, 0) is 36.8 Å². The predicted octanol–water partition coefficient (Wildman–Crippen LogP) is 3.70. The minimum atomic E-state index is -1.48. The highest BCUT2D eigenvalue weighted by molar-refractivity contribution is 6.04. The molecule has 6 heteroatoms. The number of ether oxygens (including phenoxy) is 2. The van der Waals surface area contributed by atoms with Crippen LogP contribution in [0.15, 0.2) is 48.5 Å². The molecule has 2 aliphatic heterocycles. The van der Waals surface area contributed by atoms with E-state index in [0.29, 0.717) is 24.3 Å². The Morgan fingerprint density at radius 1 is 1.20 bits per heavy atom. The van der Waals surface area contributed by atoms with Crippen molar-refractivity contribution < 1.29 is 18.7 Å². The number of nitrogens with one attached hydrogen (secondary N) is 2. The summed E-state index contributed by atoms with van der Waals surface area (Å²) in [7, 11) is 0. The van der Waals surface area contributed by atoms with Gasteiger partial charge in [0.15, 0.2) is 0 Å². The normalized spacial score (nSPS) is 24.8. The van der Waals surface area contributed by atoms with Crippen LogP contribution >= 0.6 is 0 Å². The van der Waals surface area contributed by atoms with Crippen LogP contribution in [-0.2, 0) is 20.1 Å². The molecule has 2 atom stereocenters. The molecule has 4 rings (SSSR count). The molecule has 1 amide bonds. The summed E-state index contributed by atoms with van der Waals surface area (Å²) in [6.45, 7) is -0.126. The molecule has 130 valence electrons. The summed E-state index contributed by atoms with van der Waals surface area (Å²) in [5, 5.41) is 6.10. The number of anilines is 3. The molecule has 0 saturated carbocycles. The molecule has 0 bridgehead atoms. The molecule has 1 fully saturated rings. The van der Waals surface area contributed by atoms with E-state index in [9.17, 15) is 9.18 Å². The molecular formula is C19H19FN2O3. The first-order chi connectivity index (χ1) is 12.2. The summed E-state index contributed by atoms with van der Waals surface area (Å²) < 4.78 is 24.4. The molecule has 1 unspecified atom stereocenters. The van der Waals surface area contributed by atoms with Gasteiger partial charge in [-0.15, -0.1) is 0 Å². The molecule has 2 N–H and O–H groups in total. The van der Waals surface area contributed by atoms with Gasteiger partial charge in [-0.1, -0.05) is 18.2 Å². The van der Waals surface area contributed by atoms with Gasteiger partial charge in [-0.3, -0.25) is 9.18 Å². The second-order valence-corrected chi connectivity index (χ2v) is 6.18. The van der Waals surface area contributed by atoms with Gasteiger partial charge >= 0.3 is 0 Å². The summed E-state index contributed by atoms with van der Waals surface area (Å²) in [4.78, 5) is 12.6. The van der Waals surface area contributed by atoms with Crippen LogP contribution in [0.1, 0.15) is 18.4 Å². The van der Waals surface area contributed by atoms with E-state index < -0.39 is 12.5 Å². The summed E-state index contributed by atoms with van der Waals surface area (Å²) in [6, 6.07) is 15.3. The molecule has 2 aromatic rings. The number of hydrogen-bond acceptors (Lipinski definition) is 4. The van der Waals surface area contributed by atoms with E-state index in [1.54, 1.807) is 0 Å². The van der Waals surface area contributed by atoms with Gasteiger partial charge in [0.2, 0.25) is 0 Å². The number of amides is 1. The SMILES string of the molecule is O=C1Nc2ccc(Nc3ccccc3)cc2[C@]12OCCC(CCF)O2. The number of rotatable bonds is 4. The maximum absolute atomic E-state index is 12.7. The second-order valence-electron chi connectivity index (χ2n) is 6.18. The highest BCUT2D eigenvalue weighted by Gasteiger charge is 2.53. The van der Waals surface area contributed by atoms with Gasteiger partial charge < -0.3 is 20.1 Å². The van der Waals surface area contributed by atoms with Crippen LogP contribution in [0.25, 0.3) is 0 Å². The maximum atomic E-state index is 12.7. The zero-order valence-corrected chi connectivity index (χ0v) is 13.6. The largest absolute Gasteiger partial charge is 0.356 e. The lowest BCUT2D eigenvalue weighted by molar-refractivity contribution is -0.281. The molecule has 2 aromatic carbocycles. The van der Waals surface area contributed by atoms with E-state index >= 15 is 0 Å². The lowest BCUT2D eigenvalue weighted by atomic mass is 10.0. The number of fused-ring (bicyclic) bond motifs is 2. The van der Waals surface area contributed by atoms with Gasteiger partial charge in [0.25, 0.3) is 11.7 Å². The first kappa shape index (κ1) is 16.1.